The van der Waals surface area contributed by atoms with E-state index >= 15 is 0 Å². The van der Waals surface area contributed by atoms with Gasteiger partial charge in [0.15, 0.2) is 0 Å². The van der Waals surface area contributed by atoms with Gasteiger partial charge in [0, 0.05) is 10.6 Å². The third-order valence-corrected chi connectivity index (χ3v) is 2.77. The number of ether oxygens (including phenoxy) is 1. The highest BCUT2D eigenvalue weighted by Crippen LogP contribution is 2.28. The van der Waals surface area contributed by atoms with Crippen LogP contribution in [0.3, 0.4) is 0 Å². The van der Waals surface area contributed by atoms with Gasteiger partial charge in [0.2, 0.25) is 0 Å². The first-order chi connectivity index (χ1) is 8.20. The molecule has 0 fully saturated rings. The predicted octanol–water partition coefficient (Wildman–Crippen LogP) is 5.01. The molecule has 0 radical (unpaired) electrons. The van der Waals surface area contributed by atoms with Crippen molar-refractivity contribution in [2.24, 2.45) is 0 Å². The van der Waals surface area contributed by atoms with Gasteiger partial charge < -0.3 is 4.74 Å². The minimum atomic E-state index is -0.369. The van der Waals surface area contributed by atoms with Gasteiger partial charge in [-0.25, -0.2) is 4.39 Å². The van der Waals surface area contributed by atoms with Crippen LogP contribution in [0.5, 0.6) is 11.5 Å². The van der Waals surface area contributed by atoms with Crippen molar-refractivity contribution in [2.75, 3.05) is 0 Å². The van der Waals surface area contributed by atoms with E-state index in [9.17, 15) is 4.39 Å². The lowest BCUT2D eigenvalue weighted by atomic mass is 10.2. The van der Waals surface area contributed by atoms with Crippen molar-refractivity contribution in [3.05, 3.63) is 58.9 Å². The van der Waals surface area contributed by atoms with E-state index in [-0.39, 0.29) is 11.7 Å². The Morgan fingerprint density at radius 2 is 1.76 bits per heavy atom. The molecule has 0 atom stereocenters. The number of benzene rings is 2. The second-order valence-corrected chi connectivity index (χ2v) is 4.11. The molecule has 0 amide bonds. The number of hydrogen-bond donors (Lipinski definition) is 0. The van der Waals surface area contributed by atoms with E-state index in [1.165, 1.54) is 6.07 Å². The van der Waals surface area contributed by atoms with E-state index in [2.05, 4.69) is 0 Å². The molecule has 0 unspecified atom stereocenters. The largest absolute Gasteiger partial charge is 0.457 e. The molecule has 88 valence electrons. The normalized spacial score (nSPS) is 10.3. The summed E-state index contributed by atoms with van der Waals surface area (Å²) in [4.78, 5) is 0. The van der Waals surface area contributed by atoms with Crippen LogP contribution in [0.15, 0.2) is 42.5 Å². The molecule has 0 bridgehead atoms. The van der Waals surface area contributed by atoms with Crippen LogP contribution in [-0.4, -0.2) is 0 Å². The monoisotopic (exact) mass is 270 g/mol. The Morgan fingerprint density at radius 3 is 2.41 bits per heavy atom. The zero-order valence-corrected chi connectivity index (χ0v) is 10.3. The number of rotatable bonds is 3. The average Bonchev–Trinajstić information content (AvgIpc) is 2.32. The molecule has 0 aliphatic heterocycles. The molecule has 0 aromatic heterocycles. The molecule has 0 aliphatic carbocycles. The summed E-state index contributed by atoms with van der Waals surface area (Å²) < 4.78 is 19.0. The molecule has 2 aromatic carbocycles. The summed E-state index contributed by atoms with van der Waals surface area (Å²) in [5, 5.41) is 0.620. The van der Waals surface area contributed by atoms with Crippen molar-refractivity contribution in [2.45, 2.75) is 5.88 Å². The van der Waals surface area contributed by atoms with Crippen LogP contribution in [0.2, 0.25) is 5.02 Å². The molecule has 0 saturated carbocycles. The highest BCUT2D eigenvalue weighted by atomic mass is 35.5. The maximum Gasteiger partial charge on any atom is 0.134 e. The summed E-state index contributed by atoms with van der Waals surface area (Å²) in [5.41, 5.74) is 0.351. The third-order valence-electron chi connectivity index (χ3n) is 2.25. The molecule has 4 heteroatoms. The van der Waals surface area contributed by atoms with Gasteiger partial charge in [0.05, 0.1) is 5.88 Å². The van der Waals surface area contributed by atoms with Crippen LogP contribution < -0.4 is 4.74 Å². The van der Waals surface area contributed by atoms with Gasteiger partial charge >= 0.3 is 0 Å². The van der Waals surface area contributed by atoms with Gasteiger partial charge in [-0.2, -0.15) is 0 Å². The minimum Gasteiger partial charge on any atom is -0.457 e. The maximum absolute atomic E-state index is 13.4. The molecule has 17 heavy (non-hydrogen) atoms. The minimum absolute atomic E-state index is 0.0651. The maximum atomic E-state index is 13.4. The number of alkyl halides is 1. The molecule has 0 spiro atoms. The van der Waals surface area contributed by atoms with Gasteiger partial charge in [-0.1, -0.05) is 17.7 Å². The topological polar surface area (TPSA) is 9.23 Å². The van der Waals surface area contributed by atoms with Crippen molar-refractivity contribution < 1.29 is 9.13 Å². The Morgan fingerprint density at radius 1 is 1.06 bits per heavy atom. The van der Waals surface area contributed by atoms with Gasteiger partial charge in [-0.05, 0) is 36.4 Å². The van der Waals surface area contributed by atoms with Crippen molar-refractivity contribution in [1.29, 1.82) is 0 Å². The SMILES string of the molecule is Fc1cccc(Oc2ccc(Cl)cc2)c1CCl. The Labute approximate surface area is 109 Å². The van der Waals surface area contributed by atoms with Crippen LogP contribution in [-0.2, 0) is 5.88 Å². The first-order valence-electron chi connectivity index (χ1n) is 4.97. The molecule has 2 aromatic rings. The lowest BCUT2D eigenvalue weighted by Gasteiger charge is -2.10. The van der Waals surface area contributed by atoms with Gasteiger partial charge in [0.25, 0.3) is 0 Å². The zero-order valence-electron chi connectivity index (χ0n) is 8.79. The Balaban J connectivity index is 2.29. The van der Waals surface area contributed by atoms with Crippen molar-refractivity contribution in [3.8, 4) is 11.5 Å². The predicted molar refractivity (Wildman–Crippen MR) is 67.5 cm³/mol. The Bertz CT molecular complexity index is 511. The summed E-state index contributed by atoms with van der Waals surface area (Å²) in [5.74, 6) is 0.704. The Hall–Kier alpha value is -1.25. The molecular weight excluding hydrogens is 262 g/mol. The fourth-order valence-corrected chi connectivity index (χ4v) is 1.78. The van der Waals surface area contributed by atoms with Crippen LogP contribution in [0, 0.1) is 5.82 Å². The smallest absolute Gasteiger partial charge is 0.134 e. The van der Waals surface area contributed by atoms with Crippen molar-refractivity contribution in [3.63, 3.8) is 0 Å². The number of halogens is 3. The molecule has 0 saturated heterocycles. The van der Waals surface area contributed by atoms with Crippen LogP contribution >= 0.6 is 23.2 Å². The van der Waals surface area contributed by atoms with E-state index in [4.69, 9.17) is 27.9 Å². The molecular formula is C13H9Cl2FO. The highest BCUT2D eigenvalue weighted by molar-refractivity contribution is 6.30. The molecule has 1 nitrogen and oxygen atoms in total. The molecule has 0 N–H and O–H groups in total. The van der Waals surface area contributed by atoms with E-state index in [1.54, 1.807) is 36.4 Å². The average molecular weight is 271 g/mol. The standard InChI is InChI=1S/C13H9Cl2FO/c14-8-11-12(16)2-1-3-13(11)17-10-6-4-9(15)5-7-10/h1-7H,8H2. The quantitative estimate of drug-likeness (QED) is 0.713. The fourth-order valence-electron chi connectivity index (χ4n) is 1.39. The van der Waals surface area contributed by atoms with Gasteiger partial charge in [0.1, 0.15) is 17.3 Å². The third kappa shape index (κ3) is 2.90. The van der Waals surface area contributed by atoms with Gasteiger partial charge in [-0.3, -0.25) is 0 Å². The summed E-state index contributed by atoms with van der Waals surface area (Å²) in [6.45, 7) is 0. The number of hydrogen-bond acceptors (Lipinski definition) is 1. The van der Waals surface area contributed by atoms with Crippen LogP contribution in [0.1, 0.15) is 5.56 Å². The van der Waals surface area contributed by atoms with Gasteiger partial charge in [-0.15, -0.1) is 11.6 Å². The highest BCUT2D eigenvalue weighted by Gasteiger charge is 2.09. The second-order valence-electron chi connectivity index (χ2n) is 3.41. The van der Waals surface area contributed by atoms with E-state index in [0.717, 1.165) is 0 Å². The lowest BCUT2D eigenvalue weighted by Crippen LogP contribution is -1.92. The second kappa shape index (κ2) is 5.39. The summed E-state index contributed by atoms with van der Waals surface area (Å²) >= 11 is 11.4. The first kappa shape index (κ1) is 12.2. The summed E-state index contributed by atoms with van der Waals surface area (Å²) in [6.07, 6.45) is 0. The van der Waals surface area contributed by atoms with E-state index in [0.29, 0.717) is 22.1 Å². The Kier molecular flexibility index (Phi) is 3.87. The lowest BCUT2D eigenvalue weighted by molar-refractivity contribution is 0.470. The molecule has 0 aliphatic rings. The fraction of sp³-hybridized carbons (Fsp3) is 0.0769. The molecule has 2 rings (SSSR count). The zero-order chi connectivity index (χ0) is 12.3. The summed E-state index contributed by atoms with van der Waals surface area (Å²) in [7, 11) is 0. The molecule has 0 heterocycles. The van der Waals surface area contributed by atoms with Crippen molar-refractivity contribution >= 4 is 23.2 Å². The summed E-state index contributed by atoms with van der Waals surface area (Å²) in [6, 6.07) is 11.4. The van der Waals surface area contributed by atoms with Crippen LogP contribution in [0.25, 0.3) is 0 Å². The van der Waals surface area contributed by atoms with E-state index < -0.39 is 0 Å². The van der Waals surface area contributed by atoms with E-state index in [1.807, 2.05) is 0 Å². The van der Waals surface area contributed by atoms with Crippen LogP contribution in [0.4, 0.5) is 4.39 Å². The first-order valence-corrected chi connectivity index (χ1v) is 5.88. The van der Waals surface area contributed by atoms with Crippen molar-refractivity contribution in [1.82, 2.24) is 0 Å².